The molecule has 0 saturated heterocycles. The van der Waals surface area contributed by atoms with Crippen molar-refractivity contribution in [2.75, 3.05) is 12.4 Å². The van der Waals surface area contributed by atoms with Crippen LogP contribution >= 0.6 is 0 Å². The first-order valence-corrected chi connectivity index (χ1v) is 7.06. The molecule has 1 unspecified atom stereocenters. The molecule has 0 radical (unpaired) electrons. The van der Waals surface area contributed by atoms with Crippen LogP contribution in [0, 0.1) is 0 Å². The van der Waals surface area contributed by atoms with Crippen molar-refractivity contribution in [3.63, 3.8) is 0 Å². The maximum atomic E-state index is 11.8. The average Bonchev–Trinajstić information content (AvgIpc) is 2.56. The lowest BCUT2D eigenvalue weighted by atomic mass is 10.2. The van der Waals surface area contributed by atoms with E-state index in [0.29, 0.717) is 23.8 Å². The molecule has 1 amide bonds. The van der Waals surface area contributed by atoms with Crippen molar-refractivity contribution in [1.29, 1.82) is 0 Å². The normalized spacial score (nSPS) is 11.7. The van der Waals surface area contributed by atoms with Gasteiger partial charge in [-0.15, -0.1) is 0 Å². The Morgan fingerprint density at radius 3 is 2.87 bits per heavy atom. The number of carbonyl (C=O) groups excluding carboxylic acids is 1. The van der Waals surface area contributed by atoms with Crippen LogP contribution in [-0.2, 0) is 20.9 Å². The molecule has 1 rings (SSSR count). The van der Waals surface area contributed by atoms with Crippen LogP contribution < -0.4 is 5.32 Å². The lowest BCUT2D eigenvalue weighted by molar-refractivity contribution is -0.124. The summed E-state index contributed by atoms with van der Waals surface area (Å²) in [5, 5.41) is 2.68. The largest absolute Gasteiger partial charge is 0.489 e. The number of hydrogen-bond acceptors (Lipinski definition) is 4. The molecule has 0 aliphatic carbocycles. The Labute approximate surface area is 137 Å². The second-order valence-electron chi connectivity index (χ2n) is 4.75. The van der Waals surface area contributed by atoms with Gasteiger partial charge in [-0.2, -0.15) is 0 Å². The number of amides is 1. The molecular formula is C18H22N2O3. The Balaban J connectivity index is 2.62. The van der Waals surface area contributed by atoms with Crippen LogP contribution in [0.4, 0.5) is 5.82 Å². The number of nitrogens with zero attached hydrogens (tertiary/aromatic N) is 1. The lowest BCUT2D eigenvalue weighted by Crippen LogP contribution is -2.26. The van der Waals surface area contributed by atoms with E-state index in [-0.39, 0.29) is 5.91 Å². The minimum absolute atomic E-state index is 0.259. The number of ether oxygens (including phenoxy) is 2. The van der Waals surface area contributed by atoms with Crippen LogP contribution in [0.1, 0.15) is 12.5 Å². The monoisotopic (exact) mass is 314 g/mol. The van der Waals surface area contributed by atoms with Crippen molar-refractivity contribution in [3.8, 4) is 0 Å². The van der Waals surface area contributed by atoms with E-state index in [4.69, 9.17) is 9.47 Å². The maximum Gasteiger partial charge on any atom is 0.254 e. The minimum Gasteiger partial charge on any atom is -0.489 e. The van der Waals surface area contributed by atoms with Crippen molar-refractivity contribution in [3.05, 3.63) is 73.2 Å². The molecule has 0 aromatic carbocycles. The van der Waals surface area contributed by atoms with Gasteiger partial charge in [-0.25, -0.2) is 4.98 Å². The first-order chi connectivity index (χ1) is 11.0. The summed E-state index contributed by atoms with van der Waals surface area (Å²) in [6.45, 7) is 13.2. The minimum atomic E-state index is -0.545. The fourth-order valence-corrected chi connectivity index (χ4v) is 1.51. The molecule has 1 atom stereocenters. The van der Waals surface area contributed by atoms with E-state index in [0.717, 1.165) is 5.56 Å². The van der Waals surface area contributed by atoms with Crippen LogP contribution in [0.25, 0.3) is 0 Å². The maximum absolute atomic E-state index is 11.8. The van der Waals surface area contributed by atoms with Crippen molar-refractivity contribution in [2.45, 2.75) is 19.6 Å². The highest BCUT2D eigenvalue weighted by molar-refractivity contribution is 5.93. The van der Waals surface area contributed by atoms with Crippen LogP contribution in [0.15, 0.2) is 67.6 Å². The van der Waals surface area contributed by atoms with E-state index in [2.05, 4.69) is 30.0 Å². The van der Waals surface area contributed by atoms with Gasteiger partial charge in [-0.05, 0) is 24.6 Å². The molecule has 0 aliphatic heterocycles. The summed E-state index contributed by atoms with van der Waals surface area (Å²) < 4.78 is 10.5. The third-order valence-electron chi connectivity index (χ3n) is 3.00. The molecule has 0 aliphatic rings. The molecule has 0 spiro atoms. The van der Waals surface area contributed by atoms with Gasteiger partial charge < -0.3 is 14.8 Å². The third kappa shape index (κ3) is 6.32. The highest BCUT2D eigenvalue weighted by atomic mass is 16.5. The molecule has 1 aromatic rings. The number of pyridine rings is 1. The second kappa shape index (κ2) is 9.38. The fraction of sp³-hybridized carbons (Fsp3) is 0.222. The molecule has 5 heteroatoms. The number of methoxy groups -OCH3 is 1. The van der Waals surface area contributed by atoms with Crippen LogP contribution in [0.3, 0.4) is 0 Å². The first-order valence-electron chi connectivity index (χ1n) is 7.06. The number of nitrogens with one attached hydrogen (secondary N) is 1. The first kappa shape index (κ1) is 18.4. The van der Waals surface area contributed by atoms with Crippen molar-refractivity contribution in [1.82, 2.24) is 4.98 Å². The van der Waals surface area contributed by atoms with Gasteiger partial charge in [0, 0.05) is 18.9 Å². The molecule has 1 N–H and O–H groups in total. The van der Waals surface area contributed by atoms with Gasteiger partial charge in [0.25, 0.3) is 5.91 Å². The van der Waals surface area contributed by atoms with E-state index >= 15 is 0 Å². The molecule has 122 valence electrons. The van der Waals surface area contributed by atoms with E-state index in [1.54, 1.807) is 43.5 Å². The predicted octanol–water partition coefficient (Wildman–Crippen LogP) is 3.38. The van der Waals surface area contributed by atoms with E-state index < -0.39 is 6.10 Å². The molecule has 0 bridgehead atoms. The van der Waals surface area contributed by atoms with Crippen molar-refractivity contribution in [2.24, 2.45) is 0 Å². The zero-order valence-electron chi connectivity index (χ0n) is 13.5. The number of aromatic nitrogens is 1. The van der Waals surface area contributed by atoms with Gasteiger partial charge in [0.2, 0.25) is 0 Å². The molecule has 0 fully saturated rings. The summed E-state index contributed by atoms with van der Waals surface area (Å²) in [7, 11) is 1.47. The Morgan fingerprint density at radius 1 is 1.48 bits per heavy atom. The summed E-state index contributed by atoms with van der Waals surface area (Å²) in [6, 6.07) is 3.53. The topological polar surface area (TPSA) is 60.5 Å². The van der Waals surface area contributed by atoms with Gasteiger partial charge >= 0.3 is 0 Å². The Hall–Kier alpha value is -2.66. The Kier molecular flexibility index (Phi) is 7.50. The number of anilines is 1. The van der Waals surface area contributed by atoms with Gasteiger partial charge in [0.15, 0.2) is 0 Å². The summed E-state index contributed by atoms with van der Waals surface area (Å²) in [5.41, 5.74) is 1.52. The summed E-state index contributed by atoms with van der Waals surface area (Å²) >= 11 is 0. The number of hydrogen-bond donors (Lipinski definition) is 1. The highest BCUT2D eigenvalue weighted by Crippen LogP contribution is 2.14. The summed E-state index contributed by atoms with van der Waals surface area (Å²) in [5.74, 6) is 0.653. The smallest absolute Gasteiger partial charge is 0.254 e. The second-order valence-corrected chi connectivity index (χ2v) is 4.75. The molecule has 1 aromatic heterocycles. The van der Waals surface area contributed by atoms with Crippen LogP contribution in [0.5, 0.6) is 0 Å². The van der Waals surface area contributed by atoms with E-state index in [9.17, 15) is 4.79 Å². The van der Waals surface area contributed by atoms with Crippen molar-refractivity contribution < 1.29 is 14.3 Å². The molecule has 5 nitrogen and oxygen atoms in total. The van der Waals surface area contributed by atoms with Crippen LogP contribution in [0.2, 0.25) is 0 Å². The lowest BCUT2D eigenvalue weighted by Gasteiger charge is -2.12. The summed E-state index contributed by atoms with van der Waals surface area (Å²) in [6.07, 6.45) is 6.22. The Morgan fingerprint density at radius 2 is 2.22 bits per heavy atom. The zero-order valence-corrected chi connectivity index (χ0v) is 13.5. The molecule has 23 heavy (non-hydrogen) atoms. The number of rotatable bonds is 9. The van der Waals surface area contributed by atoms with Gasteiger partial charge in [0.05, 0.1) is 0 Å². The molecule has 1 heterocycles. The average molecular weight is 314 g/mol. The van der Waals surface area contributed by atoms with Gasteiger partial charge in [-0.1, -0.05) is 38.0 Å². The Bertz CT molecular complexity index is 620. The van der Waals surface area contributed by atoms with Gasteiger partial charge in [0.1, 0.15) is 24.3 Å². The zero-order chi connectivity index (χ0) is 17.2. The fourth-order valence-electron chi connectivity index (χ4n) is 1.51. The van der Waals surface area contributed by atoms with Crippen molar-refractivity contribution >= 4 is 11.7 Å². The summed E-state index contributed by atoms with van der Waals surface area (Å²) in [4.78, 5) is 15.9. The van der Waals surface area contributed by atoms with Crippen LogP contribution in [-0.4, -0.2) is 24.1 Å². The molecule has 0 saturated carbocycles. The van der Waals surface area contributed by atoms with E-state index in [1.807, 2.05) is 0 Å². The highest BCUT2D eigenvalue weighted by Gasteiger charge is 2.12. The van der Waals surface area contributed by atoms with Gasteiger partial charge in [-0.3, -0.25) is 4.79 Å². The SMILES string of the molecule is C=CC=CC(=C)C(=C)OCc1ccnc(NC(=O)C(C)OC)c1. The quantitative estimate of drug-likeness (QED) is 0.561. The predicted molar refractivity (Wildman–Crippen MR) is 91.7 cm³/mol. The number of allylic oxidation sites excluding steroid dienone is 3. The molecular weight excluding hydrogens is 292 g/mol. The van der Waals surface area contributed by atoms with E-state index in [1.165, 1.54) is 7.11 Å². The number of carbonyl (C=O) groups is 1. The standard InChI is InChI=1S/C18H22N2O3/c1-6-7-8-13(2)14(3)23-12-16-9-10-19-17(11-16)20-18(21)15(4)22-5/h6-11,15H,1-3,12H2,4-5H3,(H,19,20,21). The third-order valence-corrected chi connectivity index (χ3v) is 3.00.